The van der Waals surface area contributed by atoms with Crippen molar-refractivity contribution in [3.63, 3.8) is 0 Å². The van der Waals surface area contributed by atoms with Crippen LogP contribution in [0.15, 0.2) is 322 Å². The van der Waals surface area contributed by atoms with Gasteiger partial charge in [0.2, 0.25) is 0 Å². The van der Waals surface area contributed by atoms with E-state index in [1.807, 2.05) is 24.5 Å². The van der Waals surface area contributed by atoms with E-state index in [-0.39, 0.29) is 10.8 Å². The summed E-state index contributed by atoms with van der Waals surface area (Å²) in [6.45, 7) is 20.1. The van der Waals surface area contributed by atoms with Gasteiger partial charge in [-0.25, -0.2) is 0 Å². The Hall–Kier alpha value is -14.4. The fraction of sp³-hybridized carbons (Fsp3) is 0.111. The monoisotopic (exact) mass is 1490 g/mol. The lowest BCUT2D eigenvalue weighted by Crippen LogP contribution is -2.20. The summed E-state index contributed by atoms with van der Waals surface area (Å²) in [5.41, 5.74) is 32.2. The molecular formula is C108H82N8. The van der Waals surface area contributed by atoms with E-state index in [2.05, 4.69) is 390 Å². The number of fused-ring (bicyclic) bond motifs is 12. The number of aromatic nitrogens is 6. The Morgan fingerprint density at radius 3 is 1.07 bits per heavy atom. The molecule has 0 fully saturated rings. The van der Waals surface area contributed by atoms with Crippen molar-refractivity contribution in [1.82, 2.24) is 28.2 Å². The van der Waals surface area contributed by atoms with E-state index >= 15 is 0 Å². The Bertz CT molecular complexity index is 7310. The highest BCUT2D eigenvalue weighted by Gasteiger charge is 2.30. The minimum Gasteiger partial charge on any atom is -0.308 e. The van der Waals surface area contributed by atoms with Crippen LogP contribution in [0, 0.1) is 50.4 Å². The minimum absolute atomic E-state index is 0.0842. The van der Waals surface area contributed by atoms with E-state index in [9.17, 15) is 10.5 Å². The zero-order valence-electron chi connectivity index (χ0n) is 66.4. The van der Waals surface area contributed by atoms with Gasteiger partial charge in [-0.1, -0.05) is 235 Å². The maximum Gasteiger partial charge on any atom is 0.104 e. The molecule has 0 amide bonds. The van der Waals surface area contributed by atoms with Crippen molar-refractivity contribution in [3.05, 3.63) is 372 Å². The molecule has 0 unspecified atom stereocenters. The third kappa shape index (κ3) is 11.8. The lowest BCUT2D eigenvalue weighted by Gasteiger charge is -2.26. The van der Waals surface area contributed by atoms with Crippen LogP contribution in [-0.2, 0) is 17.3 Å². The number of hydrogen-bond donors (Lipinski definition) is 0. The van der Waals surface area contributed by atoms with E-state index in [1.165, 1.54) is 16.7 Å². The molecule has 116 heavy (non-hydrogen) atoms. The van der Waals surface area contributed by atoms with Gasteiger partial charge in [0, 0.05) is 77.7 Å². The second-order valence-electron chi connectivity index (χ2n) is 33.3. The lowest BCUT2D eigenvalue weighted by atomic mass is 9.78. The van der Waals surface area contributed by atoms with Gasteiger partial charge in [-0.2, -0.15) is 10.5 Å². The summed E-state index contributed by atoms with van der Waals surface area (Å²) in [6, 6.07) is 118. The molecular weight excluding hydrogens is 1410 g/mol. The average Bonchev–Trinajstić information content (AvgIpc) is 1.55. The Morgan fingerprint density at radius 1 is 0.276 bits per heavy atom. The number of nitrogens with zero attached hydrogens (tertiary/aromatic N) is 8. The molecule has 0 atom stereocenters. The predicted octanol–water partition coefficient (Wildman–Crippen LogP) is 27.7. The topological polar surface area (TPSA) is 93.1 Å². The summed E-state index contributed by atoms with van der Waals surface area (Å²) in [5.74, 6) is 0. The summed E-state index contributed by atoms with van der Waals surface area (Å²) >= 11 is 0. The number of benzene rings is 14. The van der Waals surface area contributed by atoms with E-state index in [1.54, 1.807) is 0 Å². The first kappa shape index (κ1) is 70.7. The summed E-state index contributed by atoms with van der Waals surface area (Å²) in [7, 11) is 0. The van der Waals surface area contributed by atoms with Crippen LogP contribution in [0.4, 0.5) is 0 Å². The van der Waals surface area contributed by atoms with Crippen LogP contribution in [-0.4, -0.2) is 28.2 Å². The molecule has 0 aliphatic heterocycles. The highest BCUT2D eigenvalue weighted by Crippen LogP contribution is 2.47. The number of nitriles is 2. The third-order valence-electron chi connectivity index (χ3n) is 24.1. The van der Waals surface area contributed by atoms with Crippen LogP contribution < -0.4 is 0 Å². The second kappa shape index (κ2) is 27.4. The molecule has 0 bridgehead atoms. The van der Waals surface area contributed by atoms with Gasteiger partial charge < -0.3 is 18.3 Å². The van der Waals surface area contributed by atoms with E-state index in [4.69, 9.17) is 9.97 Å². The van der Waals surface area contributed by atoms with Crippen molar-refractivity contribution in [2.75, 3.05) is 0 Å². The van der Waals surface area contributed by atoms with Gasteiger partial charge in [-0.05, 0) is 226 Å². The molecule has 8 nitrogen and oxygen atoms in total. The lowest BCUT2D eigenvalue weighted by molar-refractivity contribution is 0.523. The van der Waals surface area contributed by atoms with Crippen molar-refractivity contribution >= 4 is 87.2 Å². The Kier molecular flexibility index (Phi) is 16.7. The molecule has 0 radical (unpaired) electrons. The van der Waals surface area contributed by atoms with E-state index < -0.39 is 0 Å². The van der Waals surface area contributed by atoms with Crippen molar-refractivity contribution in [2.45, 2.75) is 79.6 Å². The van der Waals surface area contributed by atoms with Crippen molar-refractivity contribution < 1.29 is 0 Å². The largest absolute Gasteiger partial charge is 0.308 e. The third-order valence-corrected chi connectivity index (χ3v) is 24.1. The fourth-order valence-electron chi connectivity index (χ4n) is 18.4. The zero-order valence-corrected chi connectivity index (χ0v) is 66.4. The first-order valence-corrected chi connectivity index (χ1v) is 40.0. The van der Waals surface area contributed by atoms with Gasteiger partial charge >= 0.3 is 0 Å². The molecule has 554 valence electrons. The minimum atomic E-state index is -0.337. The number of pyridine rings is 2. The normalized spacial score (nSPS) is 12.0. The molecule has 0 saturated heterocycles. The predicted molar refractivity (Wildman–Crippen MR) is 482 cm³/mol. The van der Waals surface area contributed by atoms with Crippen LogP contribution in [0.25, 0.3) is 177 Å². The summed E-state index contributed by atoms with van der Waals surface area (Å²) in [6.07, 6.45) is 4.54. The number of rotatable bonds is 13. The molecule has 8 heteroatoms. The van der Waals surface area contributed by atoms with Gasteiger partial charge in [0.05, 0.1) is 78.3 Å². The van der Waals surface area contributed by atoms with Crippen molar-refractivity contribution in [3.8, 4) is 102 Å². The number of aryl methyl sites for hydroxylation is 4. The van der Waals surface area contributed by atoms with E-state index in [0.29, 0.717) is 11.1 Å². The second-order valence-corrected chi connectivity index (χ2v) is 33.3. The molecule has 0 saturated carbocycles. The molecule has 0 aliphatic carbocycles. The summed E-state index contributed by atoms with van der Waals surface area (Å²) < 4.78 is 9.30. The zero-order chi connectivity index (χ0) is 79.0. The van der Waals surface area contributed by atoms with Crippen LogP contribution in [0.3, 0.4) is 0 Å². The first-order valence-electron chi connectivity index (χ1n) is 40.0. The molecule has 0 aliphatic rings. The average molecular weight is 1490 g/mol. The SMILES string of the molecule is Cc1ccc2c3ccc(C)cc3n(-c3cc(-c4cccnc4-c4cccc(-c5cccc(CC(C)(C)c6ccc7c(c6)c6ccccc6n7-c6cc(-c7cccnc7-c7cccc(-c8ccccc8)c7)cc(-n7c8ccccc8c8cc(C(C)(C)C)ccc87)c6C#N)c5)c4)cc(-n4c5cc(C)ccc5c5ccc(C)cc54)c3C#N)c2c1. The van der Waals surface area contributed by atoms with Crippen molar-refractivity contribution in [2.24, 2.45) is 0 Å². The van der Waals surface area contributed by atoms with Gasteiger partial charge in [-0.3, -0.25) is 9.97 Å². The van der Waals surface area contributed by atoms with E-state index in [0.717, 1.165) is 206 Å². The van der Waals surface area contributed by atoms with Crippen LogP contribution in [0.1, 0.15) is 84.7 Å². The summed E-state index contributed by atoms with van der Waals surface area (Å²) in [5, 5.41) is 33.0. The summed E-state index contributed by atoms with van der Waals surface area (Å²) in [4.78, 5) is 10.5. The van der Waals surface area contributed by atoms with Gasteiger partial charge in [0.15, 0.2) is 0 Å². The Labute approximate surface area is 675 Å². The maximum absolute atomic E-state index is 12.1. The molecule has 0 N–H and O–H groups in total. The van der Waals surface area contributed by atoms with Gasteiger partial charge in [0.1, 0.15) is 23.3 Å². The highest BCUT2D eigenvalue weighted by atomic mass is 15.0. The Morgan fingerprint density at radius 2 is 0.629 bits per heavy atom. The molecule has 0 spiro atoms. The standard InChI is InChI=1S/C108H82N8/c1-66-36-42-85-86-43-37-67(2)51-98(86)115(97(85)50-66)103-59-78(60-104(92(103)65-110)116-99-52-68(3)38-44-87(99)88-45-39-69(4)53-100(88)116)82-33-21-49-112-106(82)76-29-19-27-74(56-76)72-25-17-22-70(54-72)63-108(8,9)80-41-47-96-90(62-80)84-31-14-16-35-94(84)114(96)102-58-77(81-32-20-48-111-105(81)75-28-18-26-73(55-75)71-23-11-10-12-24-71)57-101(91(102)64-109)113-93-34-15-13-30-83(93)89-61-79(107(5,6)7)40-46-95(89)113/h10-62H,63H2,1-9H3. The fourth-order valence-corrected chi connectivity index (χ4v) is 18.4. The van der Waals surface area contributed by atoms with Crippen LogP contribution in [0.5, 0.6) is 0 Å². The molecule has 14 aromatic carbocycles. The Balaban J connectivity index is 0.694. The quantitative estimate of drug-likeness (QED) is 0.115. The number of hydrogen-bond acceptors (Lipinski definition) is 4. The highest BCUT2D eigenvalue weighted by molar-refractivity contribution is 6.14. The maximum atomic E-state index is 12.1. The van der Waals surface area contributed by atoms with Gasteiger partial charge in [0.25, 0.3) is 0 Å². The van der Waals surface area contributed by atoms with Crippen molar-refractivity contribution in [1.29, 1.82) is 10.5 Å². The van der Waals surface area contributed by atoms with Crippen LogP contribution >= 0.6 is 0 Å². The number of para-hydroxylation sites is 2. The molecule has 6 aromatic heterocycles. The molecule has 20 rings (SSSR count). The first-order chi connectivity index (χ1) is 56.4. The molecule has 20 aromatic rings. The van der Waals surface area contributed by atoms with Gasteiger partial charge in [-0.15, -0.1) is 0 Å². The smallest absolute Gasteiger partial charge is 0.104 e. The van der Waals surface area contributed by atoms with Crippen LogP contribution in [0.2, 0.25) is 0 Å². The molecule has 6 heterocycles.